The molecule has 4 nitrogen and oxygen atoms in total. The fourth-order valence-electron chi connectivity index (χ4n) is 2.89. The maximum Gasteiger partial charge on any atom is 0.231 e. The van der Waals surface area contributed by atoms with Gasteiger partial charge in [0.2, 0.25) is 5.91 Å². The van der Waals surface area contributed by atoms with Crippen LogP contribution in [0, 0.1) is 6.92 Å². The molecule has 0 aliphatic rings. The minimum Gasteiger partial charge on any atom is -0.325 e. The van der Waals surface area contributed by atoms with Crippen molar-refractivity contribution in [2.75, 3.05) is 5.32 Å². The number of benzene rings is 2. The molecule has 4 aromatic rings. The van der Waals surface area contributed by atoms with E-state index in [1.807, 2.05) is 67.0 Å². The number of hydrogen-bond donors (Lipinski definition) is 1. The largest absolute Gasteiger partial charge is 0.325 e. The SMILES string of the molecule is Cc1ccccc1NC(=O)Cc1nc(CSc2ccnc3ccccc23)cs1. The fraction of sp³-hybridized carbons (Fsp3) is 0.136. The summed E-state index contributed by atoms with van der Waals surface area (Å²) in [7, 11) is 0. The number of fused-ring (bicyclic) bond motifs is 1. The number of para-hydroxylation sites is 2. The second-order valence-electron chi connectivity index (χ2n) is 6.39. The summed E-state index contributed by atoms with van der Waals surface area (Å²) in [6, 6.07) is 18.0. The monoisotopic (exact) mass is 405 g/mol. The first-order valence-corrected chi connectivity index (χ1v) is 10.8. The van der Waals surface area contributed by atoms with Gasteiger partial charge in [-0.25, -0.2) is 4.98 Å². The van der Waals surface area contributed by atoms with E-state index in [0.717, 1.165) is 38.6 Å². The highest BCUT2D eigenvalue weighted by atomic mass is 32.2. The van der Waals surface area contributed by atoms with Crippen molar-refractivity contribution in [1.82, 2.24) is 9.97 Å². The molecule has 1 amide bonds. The first-order chi connectivity index (χ1) is 13.7. The minimum atomic E-state index is -0.0389. The maximum absolute atomic E-state index is 12.3. The molecule has 0 bridgehead atoms. The summed E-state index contributed by atoms with van der Waals surface area (Å²) in [6.07, 6.45) is 2.13. The molecule has 0 unspecified atom stereocenters. The van der Waals surface area contributed by atoms with E-state index in [1.165, 1.54) is 16.2 Å². The second-order valence-corrected chi connectivity index (χ2v) is 8.35. The number of carbonyl (C=O) groups is 1. The third-order valence-electron chi connectivity index (χ3n) is 4.31. The van der Waals surface area contributed by atoms with Gasteiger partial charge in [-0.05, 0) is 30.7 Å². The summed E-state index contributed by atoms with van der Waals surface area (Å²) in [6.45, 7) is 1.98. The number of thiazole rings is 1. The van der Waals surface area contributed by atoms with Crippen LogP contribution in [0.25, 0.3) is 10.9 Å². The van der Waals surface area contributed by atoms with Crippen molar-refractivity contribution in [2.24, 2.45) is 0 Å². The number of anilines is 1. The number of carbonyl (C=O) groups excluding carboxylic acids is 1. The van der Waals surface area contributed by atoms with Crippen molar-refractivity contribution in [3.8, 4) is 0 Å². The Hall–Kier alpha value is -2.70. The number of nitrogens with one attached hydrogen (secondary N) is 1. The van der Waals surface area contributed by atoms with E-state index in [9.17, 15) is 4.79 Å². The van der Waals surface area contributed by atoms with E-state index in [0.29, 0.717) is 6.42 Å². The van der Waals surface area contributed by atoms with Gasteiger partial charge in [-0.1, -0.05) is 36.4 Å². The molecule has 0 saturated heterocycles. The number of pyridine rings is 1. The number of rotatable bonds is 6. The average molecular weight is 406 g/mol. The van der Waals surface area contributed by atoms with E-state index in [4.69, 9.17) is 0 Å². The van der Waals surface area contributed by atoms with Gasteiger partial charge in [0.15, 0.2) is 0 Å². The molecular weight excluding hydrogens is 386 g/mol. The summed E-state index contributed by atoms with van der Waals surface area (Å²) in [4.78, 5) is 22.5. The lowest BCUT2D eigenvalue weighted by Crippen LogP contribution is -2.15. The van der Waals surface area contributed by atoms with E-state index >= 15 is 0 Å². The first-order valence-electron chi connectivity index (χ1n) is 8.94. The topological polar surface area (TPSA) is 54.9 Å². The Labute approximate surface area is 172 Å². The molecule has 28 heavy (non-hydrogen) atoms. The zero-order valence-electron chi connectivity index (χ0n) is 15.4. The molecule has 4 rings (SSSR count). The summed E-state index contributed by atoms with van der Waals surface area (Å²) < 4.78 is 0. The standard InChI is InChI=1S/C22H19N3OS2/c1-15-6-2-4-8-18(15)25-21(26)12-22-24-16(14-28-22)13-27-20-10-11-23-19-9-5-3-7-17(19)20/h2-11,14H,12-13H2,1H3,(H,25,26). The van der Waals surface area contributed by atoms with Gasteiger partial charge in [0.05, 0.1) is 17.6 Å². The lowest BCUT2D eigenvalue weighted by atomic mass is 10.2. The van der Waals surface area contributed by atoms with Crippen LogP contribution in [0.2, 0.25) is 0 Å². The van der Waals surface area contributed by atoms with Crippen LogP contribution < -0.4 is 5.32 Å². The predicted molar refractivity (Wildman–Crippen MR) is 117 cm³/mol. The Balaban J connectivity index is 1.38. The van der Waals surface area contributed by atoms with Crippen LogP contribution in [0.15, 0.2) is 71.1 Å². The van der Waals surface area contributed by atoms with Gasteiger partial charge in [0.1, 0.15) is 5.01 Å². The molecule has 0 fully saturated rings. The zero-order chi connectivity index (χ0) is 19.3. The molecule has 0 aliphatic heterocycles. The van der Waals surface area contributed by atoms with Gasteiger partial charge in [0.25, 0.3) is 0 Å². The van der Waals surface area contributed by atoms with Gasteiger partial charge in [0, 0.05) is 33.3 Å². The lowest BCUT2D eigenvalue weighted by molar-refractivity contribution is -0.115. The van der Waals surface area contributed by atoms with Crippen LogP contribution in [0.4, 0.5) is 5.69 Å². The normalized spacial score (nSPS) is 10.9. The molecule has 1 N–H and O–H groups in total. The van der Waals surface area contributed by atoms with Crippen LogP contribution in [-0.2, 0) is 17.0 Å². The highest BCUT2D eigenvalue weighted by Crippen LogP contribution is 2.29. The van der Waals surface area contributed by atoms with Crippen molar-refractivity contribution in [1.29, 1.82) is 0 Å². The second kappa shape index (κ2) is 8.54. The van der Waals surface area contributed by atoms with Crippen molar-refractivity contribution >= 4 is 45.6 Å². The number of amides is 1. The van der Waals surface area contributed by atoms with Gasteiger partial charge in [-0.3, -0.25) is 9.78 Å². The lowest BCUT2D eigenvalue weighted by Gasteiger charge is -2.06. The van der Waals surface area contributed by atoms with Crippen LogP contribution in [0.3, 0.4) is 0 Å². The molecule has 6 heteroatoms. The Kier molecular flexibility index (Phi) is 5.69. The molecule has 2 aromatic heterocycles. The van der Waals surface area contributed by atoms with Crippen LogP contribution in [-0.4, -0.2) is 15.9 Å². The first kappa shape index (κ1) is 18.7. The number of aromatic nitrogens is 2. The highest BCUT2D eigenvalue weighted by Gasteiger charge is 2.10. The van der Waals surface area contributed by atoms with E-state index in [1.54, 1.807) is 11.8 Å². The zero-order valence-corrected chi connectivity index (χ0v) is 17.0. The van der Waals surface area contributed by atoms with Crippen molar-refractivity contribution in [2.45, 2.75) is 24.0 Å². The van der Waals surface area contributed by atoms with Gasteiger partial charge in [-0.2, -0.15) is 0 Å². The molecule has 2 heterocycles. The number of aryl methyl sites for hydroxylation is 1. The van der Waals surface area contributed by atoms with E-state index in [2.05, 4.69) is 21.4 Å². The summed E-state index contributed by atoms with van der Waals surface area (Å²) in [5, 5.41) is 6.99. The van der Waals surface area contributed by atoms with Crippen molar-refractivity contribution in [3.05, 3.63) is 82.4 Å². The third kappa shape index (κ3) is 4.40. The highest BCUT2D eigenvalue weighted by molar-refractivity contribution is 7.98. The van der Waals surface area contributed by atoms with Crippen LogP contribution >= 0.6 is 23.1 Å². The molecule has 0 saturated carbocycles. The van der Waals surface area contributed by atoms with Crippen molar-refractivity contribution < 1.29 is 4.79 Å². The van der Waals surface area contributed by atoms with Gasteiger partial charge in [-0.15, -0.1) is 23.1 Å². The summed E-state index contributed by atoms with van der Waals surface area (Å²) >= 11 is 3.28. The van der Waals surface area contributed by atoms with Crippen molar-refractivity contribution in [3.63, 3.8) is 0 Å². The fourth-order valence-corrected chi connectivity index (χ4v) is 4.72. The molecule has 0 spiro atoms. The van der Waals surface area contributed by atoms with E-state index < -0.39 is 0 Å². The molecule has 2 aromatic carbocycles. The van der Waals surface area contributed by atoms with Crippen LogP contribution in [0.5, 0.6) is 0 Å². The Morgan fingerprint density at radius 1 is 1.11 bits per heavy atom. The summed E-state index contributed by atoms with van der Waals surface area (Å²) in [5.41, 5.74) is 3.90. The maximum atomic E-state index is 12.3. The van der Waals surface area contributed by atoms with Crippen LogP contribution in [0.1, 0.15) is 16.3 Å². The molecular formula is C22H19N3OS2. The third-order valence-corrected chi connectivity index (χ3v) is 6.32. The number of hydrogen-bond acceptors (Lipinski definition) is 5. The Bertz CT molecular complexity index is 1120. The molecule has 0 radical (unpaired) electrons. The van der Waals surface area contributed by atoms with E-state index in [-0.39, 0.29) is 5.91 Å². The molecule has 140 valence electrons. The average Bonchev–Trinajstić information content (AvgIpc) is 3.15. The Morgan fingerprint density at radius 3 is 2.82 bits per heavy atom. The molecule has 0 atom stereocenters. The minimum absolute atomic E-state index is 0.0389. The molecule has 0 aliphatic carbocycles. The van der Waals surface area contributed by atoms with Gasteiger partial charge >= 0.3 is 0 Å². The number of nitrogens with zero attached hydrogens (tertiary/aromatic N) is 2. The Morgan fingerprint density at radius 2 is 1.93 bits per heavy atom. The quantitative estimate of drug-likeness (QED) is 0.432. The smallest absolute Gasteiger partial charge is 0.231 e. The van der Waals surface area contributed by atoms with Gasteiger partial charge < -0.3 is 5.32 Å². The number of thioether (sulfide) groups is 1. The summed E-state index contributed by atoms with van der Waals surface area (Å²) in [5.74, 6) is 0.729. The predicted octanol–water partition coefficient (Wildman–Crippen LogP) is 5.47.